The summed E-state index contributed by atoms with van der Waals surface area (Å²) in [6.07, 6.45) is 7.50. The molecule has 4 rings (SSSR count). The quantitative estimate of drug-likeness (QED) is 0.424. The number of carbonyl (C=O) groups is 1. The fourth-order valence-electron chi connectivity index (χ4n) is 4.51. The van der Waals surface area contributed by atoms with Gasteiger partial charge in [-0.3, -0.25) is 4.79 Å². The van der Waals surface area contributed by atoms with Crippen LogP contribution in [-0.4, -0.2) is 53.2 Å². The number of nitrogens with zero attached hydrogens (tertiary/aromatic N) is 3. The van der Waals surface area contributed by atoms with Crippen LogP contribution in [0.25, 0.3) is 0 Å². The highest BCUT2D eigenvalue weighted by molar-refractivity contribution is 5.85. The first-order valence-corrected chi connectivity index (χ1v) is 11.1. The van der Waals surface area contributed by atoms with Crippen LogP contribution < -0.4 is 5.11 Å². The van der Waals surface area contributed by atoms with Crippen LogP contribution in [0.3, 0.4) is 0 Å². The summed E-state index contributed by atoms with van der Waals surface area (Å²) in [4.78, 5) is 21.5. The van der Waals surface area contributed by atoms with Gasteiger partial charge in [-0.1, -0.05) is 60.7 Å². The molecule has 3 aromatic rings. The Bertz CT molecular complexity index is 975. The maximum atomic E-state index is 14.1. The second-order valence-corrected chi connectivity index (χ2v) is 8.83. The Hall–Kier alpha value is -3.09. The molecule has 6 nitrogen and oxygen atoms in total. The second kappa shape index (κ2) is 9.59. The van der Waals surface area contributed by atoms with Crippen molar-refractivity contribution in [3.05, 3.63) is 96.1 Å². The Balaban J connectivity index is 1.49. The molecule has 2 aromatic carbocycles. The Morgan fingerprint density at radius 2 is 1.66 bits per heavy atom. The molecule has 0 spiro atoms. The van der Waals surface area contributed by atoms with E-state index in [0.717, 1.165) is 42.4 Å². The van der Waals surface area contributed by atoms with Crippen molar-refractivity contribution in [2.24, 2.45) is 0 Å². The van der Waals surface area contributed by atoms with E-state index in [-0.39, 0.29) is 6.10 Å². The van der Waals surface area contributed by atoms with E-state index in [1.165, 1.54) is 6.33 Å². The topological polar surface area (TPSA) is 75.1 Å². The Morgan fingerprint density at radius 1 is 1.06 bits per heavy atom. The Labute approximate surface area is 189 Å². The lowest BCUT2D eigenvalue weighted by Gasteiger charge is -2.44. The zero-order valence-electron chi connectivity index (χ0n) is 18.4. The minimum Gasteiger partial charge on any atom is -0.834 e. The van der Waals surface area contributed by atoms with Crippen LogP contribution in [0.1, 0.15) is 29.5 Å². The highest BCUT2D eigenvalue weighted by Crippen LogP contribution is 2.30. The number of carbonyl (C=O) groups excluding carboxylic acids is 1. The van der Waals surface area contributed by atoms with Crippen LogP contribution in [0.4, 0.5) is 0 Å². The first-order chi connectivity index (χ1) is 15.5. The number of hydrogen-bond donors (Lipinski definition) is 0. The van der Waals surface area contributed by atoms with Gasteiger partial charge in [-0.05, 0) is 23.1 Å². The van der Waals surface area contributed by atoms with E-state index in [1.807, 2.05) is 24.5 Å². The molecule has 0 radical (unpaired) electrons. The summed E-state index contributed by atoms with van der Waals surface area (Å²) in [6, 6.07) is 17.6. The minimum absolute atomic E-state index is 0.283. The van der Waals surface area contributed by atoms with Crippen molar-refractivity contribution < 1.29 is 19.1 Å². The van der Waals surface area contributed by atoms with E-state index in [4.69, 9.17) is 4.74 Å². The molecule has 1 unspecified atom stereocenters. The van der Waals surface area contributed by atoms with Crippen molar-refractivity contribution in [1.29, 1.82) is 0 Å². The standard InChI is InChI=1S/C26H29N3O3/c1-29(16-14-21-17-27-20-28-18-21)15-8-13-24(19-29)32-25(30)26(31,22-9-4-2-5-10-22)23-11-6-3-7-12-23/h2-7,9-12,17-18,20,24H,8,13-16,19H2,1H3/t24?,29-/m1/s1. The molecule has 6 heteroatoms. The summed E-state index contributed by atoms with van der Waals surface area (Å²) in [5, 5.41) is 14.1. The Kier molecular flexibility index (Phi) is 6.63. The maximum absolute atomic E-state index is 14.1. The van der Waals surface area contributed by atoms with E-state index in [9.17, 15) is 9.90 Å². The first-order valence-electron chi connectivity index (χ1n) is 11.1. The fraction of sp³-hybridized carbons (Fsp3) is 0.346. The van der Waals surface area contributed by atoms with Gasteiger partial charge in [-0.25, -0.2) is 9.97 Å². The molecular weight excluding hydrogens is 402 g/mol. The lowest BCUT2D eigenvalue weighted by atomic mass is 9.86. The molecule has 0 bridgehead atoms. The van der Waals surface area contributed by atoms with Gasteiger partial charge in [-0.15, -0.1) is 0 Å². The molecule has 2 heterocycles. The number of benzene rings is 2. The smallest absolute Gasteiger partial charge is 0.304 e. The number of hydrogen-bond acceptors (Lipinski definition) is 5. The van der Waals surface area contributed by atoms with E-state index >= 15 is 0 Å². The highest BCUT2D eigenvalue weighted by Gasteiger charge is 2.37. The molecule has 1 aliphatic heterocycles. The SMILES string of the molecule is C[N@+]1(CCc2cncnc2)CCCC(OC(=O)C([O-])(c2ccccc2)c2ccccc2)C1. The van der Waals surface area contributed by atoms with E-state index in [2.05, 4.69) is 17.0 Å². The number of piperidine rings is 1. The van der Waals surface area contributed by atoms with Gasteiger partial charge in [0.25, 0.3) is 0 Å². The third-order valence-electron chi connectivity index (χ3n) is 6.34. The largest absolute Gasteiger partial charge is 0.834 e. The van der Waals surface area contributed by atoms with Crippen molar-refractivity contribution in [3.8, 4) is 0 Å². The molecule has 166 valence electrons. The predicted molar refractivity (Wildman–Crippen MR) is 119 cm³/mol. The van der Waals surface area contributed by atoms with Gasteiger partial charge in [0, 0.05) is 30.8 Å². The van der Waals surface area contributed by atoms with Gasteiger partial charge in [0.1, 0.15) is 12.9 Å². The number of esters is 1. The third-order valence-corrected chi connectivity index (χ3v) is 6.34. The second-order valence-electron chi connectivity index (χ2n) is 8.83. The number of likely N-dealkylation sites (tertiary alicyclic amines) is 1. The fourth-order valence-corrected chi connectivity index (χ4v) is 4.51. The average Bonchev–Trinajstić information content (AvgIpc) is 2.84. The normalized spacial score (nSPS) is 21.1. The summed E-state index contributed by atoms with van der Waals surface area (Å²) >= 11 is 0. The summed E-state index contributed by atoms with van der Waals surface area (Å²) in [5.41, 5.74) is -0.204. The summed E-state index contributed by atoms with van der Waals surface area (Å²) < 4.78 is 6.71. The zero-order valence-corrected chi connectivity index (χ0v) is 18.4. The third kappa shape index (κ3) is 4.87. The molecule has 0 N–H and O–H groups in total. The van der Waals surface area contributed by atoms with E-state index in [0.29, 0.717) is 17.7 Å². The molecule has 1 saturated heterocycles. The molecule has 1 aromatic heterocycles. The summed E-state index contributed by atoms with van der Waals surface area (Å²) in [7, 11) is 2.18. The molecule has 0 saturated carbocycles. The first kappa shape index (κ1) is 22.1. The summed E-state index contributed by atoms with van der Waals surface area (Å²) in [5.74, 6) is -0.732. The van der Waals surface area contributed by atoms with Crippen LogP contribution in [0.15, 0.2) is 79.4 Å². The predicted octanol–water partition coefficient (Wildman–Crippen LogP) is 2.48. The van der Waals surface area contributed by atoms with Gasteiger partial charge >= 0.3 is 5.97 Å². The van der Waals surface area contributed by atoms with Crippen molar-refractivity contribution in [2.75, 3.05) is 26.7 Å². The minimum atomic E-state index is -2.09. The van der Waals surface area contributed by atoms with Crippen LogP contribution >= 0.6 is 0 Å². The van der Waals surface area contributed by atoms with Gasteiger partial charge in [0.2, 0.25) is 0 Å². The van der Waals surface area contributed by atoms with Gasteiger partial charge in [0.05, 0.1) is 20.1 Å². The van der Waals surface area contributed by atoms with Crippen LogP contribution in [0.2, 0.25) is 0 Å². The van der Waals surface area contributed by atoms with Gasteiger partial charge in [-0.2, -0.15) is 0 Å². The molecule has 1 aliphatic rings. The lowest BCUT2D eigenvalue weighted by Crippen LogP contribution is -2.57. The lowest BCUT2D eigenvalue weighted by molar-refractivity contribution is -0.916. The molecular formula is C26H29N3O3. The van der Waals surface area contributed by atoms with Crippen LogP contribution in [0, 0.1) is 0 Å². The number of aromatic nitrogens is 2. The van der Waals surface area contributed by atoms with Crippen molar-refractivity contribution >= 4 is 5.97 Å². The van der Waals surface area contributed by atoms with Crippen molar-refractivity contribution in [2.45, 2.75) is 31.0 Å². The Morgan fingerprint density at radius 3 is 2.25 bits per heavy atom. The highest BCUT2D eigenvalue weighted by atomic mass is 16.6. The number of rotatable bonds is 7. The molecule has 0 amide bonds. The number of ether oxygens (including phenoxy) is 1. The van der Waals surface area contributed by atoms with Crippen molar-refractivity contribution in [3.63, 3.8) is 0 Å². The van der Waals surface area contributed by atoms with Crippen LogP contribution in [-0.2, 0) is 21.6 Å². The maximum Gasteiger partial charge on any atom is 0.304 e. The van der Waals surface area contributed by atoms with E-state index in [1.54, 1.807) is 48.5 Å². The summed E-state index contributed by atoms with van der Waals surface area (Å²) in [6.45, 7) is 2.61. The zero-order chi connectivity index (χ0) is 22.4. The molecule has 2 atom stereocenters. The van der Waals surface area contributed by atoms with Crippen molar-refractivity contribution in [1.82, 2.24) is 9.97 Å². The number of likely N-dealkylation sites (N-methyl/N-ethyl adjacent to an activating group) is 1. The number of quaternary nitrogens is 1. The van der Waals surface area contributed by atoms with E-state index < -0.39 is 11.6 Å². The van der Waals surface area contributed by atoms with Crippen LogP contribution in [0.5, 0.6) is 0 Å². The molecule has 0 aliphatic carbocycles. The molecule has 1 fully saturated rings. The van der Waals surface area contributed by atoms with Gasteiger partial charge in [0.15, 0.2) is 6.10 Å². The molecule has 32 heavy (non-hydrogen) atoms. The van der Waals surface area contributed by atoms with Gasteiger partial charge < -0.3 is 14.3 Å². The average molecular weight is 432 g/mol. The monoisotopic (exact) mass is 431 g/mol.